The summed E-state index contributed by atoms with van der Waals surface area (Å²) in [4.78, 5) is 24.5. The van der Waals surface area contributed by atoms with Crippen molar-refractivity contribution in [3.8, 4) is 0 Å². The number of carbonyl (C=O) groups is 2. The van der Waals surface area contributed by atoms with Crippen molar-refractivity contribution in [2.75, 3.05) is 6.61 Å². The summed E-state index contributed by atoms with van der Waals surface area (Å²) < 4.78 is 5.55. The molecule has 0 heterocycles. The van der Waals surface area contributed by atoms with Gasteiger partial charge in [-0.2, -0.15) is 0 Å². The Balaban J connectivity index is 2.27. The number of rotatable bonds is 14. The molecular weight excluding hydrogens is 400 g/mol. The molecule has 0 aliphatic carbocycles. The van der Waals surface area contributed by atoms with Gasteiger partial charge in [0.15, 0.2) is 0 Å². The molecule has 0 spiro atoms. The van der Waals surface area contributed by atoms with Crippen LogP contribution in [0, 0.1) is 11.8 Å². The number of ether oxygens (including phenoxy) is 1. The first-order valence-corrected chi connectivity index (χ1v) is 12.0. The second-order valence-corrected chi connectivity index (χ2v) is 8.79. The number of carbonyl (C=O) groups excluding carboxylic acids is 1. The zero-order valence-corrected chi connectivity index (χ0v) is 19.7. The maximum Gasteiger partial charge on any atom is 0.308 e. The molecule has 174 valence electrons. The fraction of sp³-hybridized carbons (Fsp3) is 0.500. The van der Waals surface area contributed by atoms with E-state index in [-0.39, 0.29) is 11.9 Å². The quantitative estimate of drug-likeness (QED) is 0.260. The van der Waals surface area contributed by atoms with Gasteiger partial charge in [-0.15, -0.1) is 0 Å². The first-order valence-electron chi connectivity index (χ1n) is 12.0. The van der Waals surface area contributed by atoms with Gasteiger partial charge in [0.25, 0.3) is 0 Å². The van der Waals surface area contributed by atoms with Crippen LogP contribution < -0.4 is 0 Å². The van der Waals surface area contributed by atoms with E-state index in [9.17, 15) is 14.7 Å². The molecule has 4 nitrogen and oxygen atoms in total. The molecule has 0 aliphatic heterocycles. The third-order valence-electron chi connectivity index (χ3n) is 6.31. The van der Waals surface area contributed by atoms with Crippen LogP contribution in [0.5, 0.6) is 0 Å². The average Bonchev–Trinajstić information content (AvgIpc) is 2.82. The molecule has 0 fully saturated rings. The molecule has 0 amide bonds. The van der Waals surface area contributed by atoms with Crippen LogP contribution in [-0.2, 0) is 14.3 Å². The van der Waals surface area contributed by atoms with Gasteiger partial charge in [-0.1, -0.05) is 87.9 Å². The molecule has 4 atom stereocenters. The summed E-state index contributed by atoms with van der Waals surface area (Å²) in [6, 6.07) is 20.8. The van der Waals surface area contributed by atoms with Crippen molar-refractivity contribution >= 4 is 11.9 Å². The Bertz CT molecular complexity index is 803. The van der Waals surface area contributed by atoms with E-state index < -0.39 is 17.8 Å². The second-order valence-electron chi connectivity index (χ2n) is 8.79. The minimum atomic E-state index is -0.872. The van der Waals surface area contributed by atoms with Gasteiger partial charge in [0.1, 0.15) is 0 Å². The van der Waals surface area contributed by atoms with Crippen molar-refractivity contribution in [2.24, 2.45) is 11.8 Å². The lowest BCUT2D eigenvalue weighted by Gasteiger charge is -2.27. The molecule has 1 N–H and O–H groups in total. The largest absolute Gasteiger partial charge is 0.481 e. The Labute approximate surface area is 193 Å². The van der Waals surface area contributed by atoms with Crippen LogP contribution in [0.25, 0.3) is 0 Å². The van der Waals surface area contributed by atoms with Crippen molar-refractivity contribution in [1.29, 1.82) is 0 Å². The summed E-state index contributed by atoms with van der Waals surface area (Å²) >= 11 is 0. The highest BCUT2D eigenvalue weighted by molar-refractivity contribution is 5.75. The minimum absolute atomic E-state index is 0.145. The first kappa shape index (κ1) is 25.6. The lowest BCUT2D eigenvalue weighted by atomic mass is 9.77. The van der Waals surface area contributed by atoms with Crippen molar-refractivity contribution in [2.45, 2.75) is 71.1 Å². The van der Waals surface area contributed by atoms with E-state index in [1.165, 1.54) is 11.1 Å². The fourth-order valence-corrected chi connectivity index (χ4v) is 4.30. The Morgan fingerprint density at radius 1 is 0.844 bits per heavy atom. The summed E-state index contributed by atoms with van der Waals surface area (Å²) in [5, 5.41) is 9.46. The van der Waals surface area contributed by atoms with E-state index in [4.69, 9.17) is 4.74 Å². The van der Waals surface area contributed by atoms with Crippen LogP contribution in [0.2, 0.25) is 0 Å². The lowest BCUT2D eigenvalue weighted by Crippen LogP contribution is -2.26. The monoisotopic (exact) mass is 438 g/mol. The van der Waals surface area contributed by atoms with Gasteiger partial charge in [0.2, 0.25) is 0 Å². The van der Waals surface area contributed by atoms with E-state index in [0.717, 1.165) is 25.7 Å². The fourth-order valence-electron chi connectivity index (χ4n) is 4.30. The van der Waals surface area contributed by atoms with Crippen LogP contribution in [0.4, 0.5) is 0 Å². The molecule has 0 aliphatic rings. The number of benzene rings is 2. The van der Waals surface area contributed by atoms with Crippen molar-refractivity contribution in [3.05, 3.63) is 71.8 Å². The number of hydrogen-bond acceptors (Lipinski definition) is 3. The van der Waals surface area contributed by atoms with Gasteiger partial charge in [-0.3, -0.25) is 9.59 Å². The van der Waals surface area contributed by atoms with E-state index >= 15 is 0 Å². The van der Waals surface area contributed by atoms with E-state index in [0.29, 0.717) is 25.4 Å². The molecular formula is C28H38O4. The SMILES string of the molecule is CCCCOC(=O)C(CC(C)C(=O)O)CC(CC(CC)c1ccccc1)c1ccccc1. The van der Waals surface area contributed by atoms with Crippen LogP contribution in [0.15, 0.2) is 60.7 Å². The summed E-state index contributed by atoms with van der Waals surface area (Å²) in [7, 11) is 0. The van der Waals surface area contributed by atoms with Gasteiger partial charge in [-0.25, -0.2) is 0 Å². The maximum atomic E-state index is 13.0. The third kappa shape index (κ3) is 8.14. The molecule has 0 saturated heterocycles. The summed E-state index contributed by atoms with van der Waals surface area (Å²) in [5.74, 6) is -1.65. The predicted octanol–water partition coefficient (Wildman–Crippen LogP) is 6.81. The van der Waals surface area contributed by atoms with Crippen molar-refractivity contribution in [1.82, 2.24) is 0 Å². The number of carboxylic acid groups (broad SMARTS) is 1. The molecule has 32 heavy (non-hydrogen) atoms. The van der Waals surface area contributed by atoms with Gasteiger partial charge in [0.05, 0.1) is 18.4 Å². The topological polar surface area (TPSA) is 63.6 Å². The molecule has 2 aromatic carbocycles. The van der Waals surface area contributed by atoms with E-state index in [1.807, 2.05) is 24.3 Å². The van der Waals surface area contributed by atoms with Crippen LogP contribution in [0.1, 0.15) is 82.3 Å². The molecule has 0 bridgehead atoms. The Hall–Kier alpha value is -2.62. The molecule has 2 aromatic rings. The Kier molecular flexibility index (Phi) is 11.0. The van der Waals surface area contributed by atoms with Gasteiger partial charge < -0.3 is 9.84 Å². The minimum Gasteiger partial charge on any atom is -0.481 e. The highest BCUT2D eigenvalue weighted by atomic mass is 16.5. The third-order valence-corrected chi connectivity index (χ3v) is 6.31. The summed E-state index contributed by atoms with van der Waals surface area (Å²) in [6.07, 6.45) is 4.57. The molecule has 0 saturated carbocycles. The van der Waals surface area contributed by atoms with Gasteiger partial charge >= 0.3 is 11.9 Å². The lowest BCUT2D eigenvalue weighted by molar-refractivity contribution is -0.151. The van der Waals surface area contributed by atoms with Crippen molar-refractivity contribution < 1.29 is 19.4 Å². The molecule has 4 unspecified atom stereocenters. The average molecular weight is 439 g/mol. The summed E-state index contributed by atoms with van der Waals surface area (Å²) in [5.41, 5.74) is 2.49. The predicted molar refractivity (Wildman–Crippen MR) is 129 cm³/mol. The molecule has 2 rings (SSSR count). The summed E-state index contributed by atoms with van der Waals surface area (Å²) in [6.45, 7) is 6.32. The number of carboxylic acids is 1. The standard InChI is InChI=1S/C28H38O4/c1-4-6-17-32-28(31)26(18-21(3)27(29)30)20-25(24-15-11-8-12-16-24)19-22(5-2)23-13-9-7-10-14-23/h7-16,21-22,25-26H,4-6,17-20H2,1-3H3,(H,29,30). The second kappa shape index (κ2) is 13.7. The van der Waals surface area contributed by atoms with Gasteiger partial charge in [0, 0.05) is 0 Å². The highest BCUT2D eigenvalue weighted by Gasteiger charge is 2.30. The zero-order valence-electron chi connectivity index (χ0n) is 19.7. The number of hydrogen-bond donors (Lipinski definition) is 1. The zero-order chi connectivity index (χ0) is 23.3. The molecule has 4 heteroatoms. The van der Waals surface area contributed by atoms with Crippen LogP contribution in [0.3, 0.4) is 0 Å². The Morgan fingerprint density at radius 2 is 1.41 bits per heavy atom. The number of aliphatic carboxylic acids is 1. The van der Waals surface area contributed by atoms with E-state index in [2.05, 4.69) is 50.2 Å². The van der Waals surface area contributed by atoms with Crippen LogP contribution >= 0.6 is 0 Å². The maximum absolute atomic E-state index is 13.0. The van der Waals surface area contributed by atoms with Crippen molar-refractivity contribution in [3.63, 3.8) is 0 Å². The number of unbranched alkanes of at least 4 members (excludes halogenated alkanes) is 1. The van der Waals surface area contributed by atoms with E-state index in [1.54, 1.807) is 6.92 Å². The molecule has 0 radical (unpaired) electrons. The van der Waals surface area contributed by atoms with Crippen LogP contribution in [-0.4, -0.2) is 23.7 Å². The number of esters is 1. The van der Waals surface area contributed by atoms with Gasteiger partial charge in [-0.05, 0) is 55.1 Å². The Morgan fingerprint density at radius 3 is 1.91 bits per heavy atom. The smallest absolute Gasteiger partial charge is 0.308 e. The normalized spacial score (nSPS) is 14.8. The first-order chi connectivity index (χ1) is 15.5. The highest BCUT2D eigenvalue weighted by Crippen LogP contribution is 2.37. The molecule has 0 aromatic heterocycles.